The van der Waals surface area contributed by atoms with Gasteiger partial charge in [0, 0.05) is 12.5 Å². The second-order valence-electron chi connectivity index (χ2n) is 2.80. The minimum absolute atomic E-state index is 0.490. The highest BCUT2D eigenvalue weighted by atomic mass is 19.1. The zero-order valence-electron chi connectivity index (χ0n) is 6.23. The van der Waals surface area contributed by atoms with E-state index in [4.69, 9.17) is 4.42 Å². The molecular formula is C8H11FO. The summed E-state index contributed by atoms with van der Waals surface area (Å²) in [7, 11) is 0. The molecular weight excluding hydrogens is 131 g/mol. The predicted molar refractivity (Wildman–Crippen MR) is 37.2 cm³/mol. The van der Waals surface area contributed by atoms with Gasteiger partial charge in [0.05, 0.1) is 0 Å². The number of furan rings is 1. The van der Waals surface area contributed by atoms with Crippen molar-refractivity contribution < 1.29 is 8.81 Å². The number of hydrogen-bond donors (Lipinski definition) is 0. The average Bonchev–Trinajstić information content (AvgIpc) is 2.13. The fourth-order valence-electron chi connectivity index (χ4n) is 0.864. The monoisotopic (exact) mass is 142 g/mol. The van der Waals surface area contributed by atoms with E-state index in [0.717, 1.165) is 12.2 Å². The van der Waals surface area contributed by atoms with Gasteiger partial charge in [0.15, 0.2) is 0 Å². The summed E-state index contributed by atoms with van der Waals surface area (Å²) < 4.78 is 16.9. The van der Waals surface area contributed by atoms with Gasteiger partial charge in [0.25, 0.3) is 6.01 Å². The van der Waals surface area contributed by atoms with Gasteiger partial charge in [0.2, 0.25) is 0 Å². The van der Waals surface area contributed by atoms with Gasteiger partial charge >= 0.3 is 0 Å². The van der Waals surface area contributed by atoms with E-state index in [1.807, 2.05) is 0 Å². The molecule has 0 aliphatic heterocycles. The zero-order chi connectivity index (χ0) is 7.56. The molecule has 0 bridgehead atoms. The summed E-state index contributed by atoms with van der Waals surface area (Å²) in [6, 6.07) is 2.53. The number of rotatable bonds is 2. The van der Waals surface area contributed by atoms with E-state index < -0.39 is 6.01 Å². The minimum Gasteiger partial charge on any atom is -0.436 e. The van der Waals surface area contributed by atoms with Crippen LogP contribution in [0.4, 0.5) is 4.39 Å². The van der Waals surface area contributed by atoms with Crippen LogP contribution in [0.5, 0.6) is 0 Å². The van der Waals surface area contributed by atoms with Gasteiger partial charge in [-0.05, 0) is 12.0 Å². The summed E-state index contributed by atoms with van der Waals surface area (Å²) in [5, 5.41) is 0. The summed E-state index contributed by atoms with van der Waals surface area (Å²) in [5.74, 6) is 1.25. The Morgan fingerprint density at radius 3 is 2.60 bits per heavy atom. The maximum absolute atomic E-state index is 12.2. The lowest BCUT2D eigenvalue weighted by molar-refractivity contribution is 0.329. The van der Waals surface area contributed by atoms with Crippen LogP contribution in [0, 0.1) is 11.9 Å². The summed E-state index contributed by atoms with van der Waals surface area (Å²) in [6.07, 6.45) is 0.809. The average molecular weight is 142 g/mol. The zero-order valence-corrected chi connectivity index (χ0v) is 6.23. The first-order valence-electron chi connectivity index (χ1n) is 3.42. The second kappa shape index (κ2) is 2.86. The molecule has 0 radical (unpaired) electrons. The van der Waals surface area contributed by atoms with Gasteiger partial charge in [-0.3, -0.25) is 0 Å². The van der Waals surface area contributed by atoms with E-state index in [9.17, 15) is 4.39 Å². The van der Waals surface area contributed by atoms with Crippen LogP contribution in [0.15, 0.2) is 16.5 Å². The molecule has 1 aromatic rings. The molecule has 0 N–H and O–H groups in total. The third-order valence-corrected chi connectivity index (χ3v) is 1.24. The SMILES string of the molecule is CC(C)Cc1ccc(F)o1. The Labute approximate surface area is 59.9 Å². The summed E-state index contributed by atoms with van der Waals surface area (Å²) >= 11 is 0. The highest BCUT2D eigenvalue weighted by Gasteiger charge is 2.02. The van der Waals surface area contributed by atoms with Gasteiger partial charge in [-0.2, -0.15) is 4.39 Å². The molecule has 56 valence electrons. The van der Waals surface area contributed by atoms with Crippen molar-refractivity contribution in [2.45, 2.75) is 20.3 Å². The molecule has 0 aromatic carbocycles. The van der Waals surface area contributed by atoms with Crippen molar-refractivity contribution in [1.29, 1.82) is 0 Å². The molecule has 0 saturated heterocycles. The summed E-state index contributed by atoms with van der Waals surface area (Å²) in [5.41, 5.74) is 0. The molecule has 0 atom stereocenters. The van der Waals surface area contributed by atoms with Crippen LogP contribution in [0.2, 0.25) is 0 Å². The van der Waals surface area contributed by atoms with Crippen molar-refractivity contribution in [2.24, 2.45) is 5.92 Å². The normalized spacial score (nSPS) is 10.8. The van der Waals surface area contributed by atoms with Gasteiger partial charge in [0.1, 0.15) is 5.76 Å². The van der Waals surface area contributed by atoms with Crippen molar-refractivity contribution in [3.8, 4) is 0 Å². The molecule has 1 heterocycles. The lowest BCUT2D eigenvalue weighted by atomic mass is 10.1. The fourth-order valence-corrected chi connectivity index (χ4v) is 0.864. The Hall–Kier alpha value is -0.790. The van der Waals surface area contributed by atoms with Crippen LogP contribution in [0.1, 0.15) is 19.6 Å². The van der Waals surface area contributed by atoms with Crippen LogP contribution in [0.25, 0.3) is 0 Å². The van der Waals surface area contributed by atoms with Gasteiger partial charge in [-0.15, -0.1) is 0 Å². The van der Waals surface area contributed by atoms with Gasteiger partial charge < -0.3 is 4.42 Å². The van der Waals surface area contributed by atoms with Crippen molar-refractivity contribution in [3.05, 3.63) is 23.9 Å². The highest BCUT2D eigenvalue weighted by Crippen LogP contribution is 2.10. The molecule has 0 saturated carbocycles. The predicted octanol–water partition coefficient (Wildman–Crippen LogP) is 2.62. The van der Waals surface area contributed by atoms with Crippen molar-refractivity contribution in [3.63, 3.8) is 0 Å². The molecule has 0 spiro atoms. The van der Waals surface area contributed by atoms with Crippen molar-refractivity contribution in [1.82, 2.24) is 0 Å². The first kappa shape index (κ1) is 7.32. The topological polar surface area (TPSA) is 13.1 Å². The Balaban J connectivity index is 2.58. The molecule has 0 fully saturated rings. The van der Waals surface area contributed by atoms with E-state index in [1.54, 1.807) is 6.07 Å². The minimum atomic E-state index is -0.490. The van der Waals surface area contributed by atoms with E-state index >= 15 is 0 Å². The second-order valence-corrected chi connectivity index (χ2v) is 2.80. The van der Waals surface area contributed by atoms with Gasteiger partial charge in [-0.1, -0.05) is 13.8 Å². The largest absolute Gasteiger partial charge is 0.436 e. The molecule has 0 aliphatic rings. The van der Waals surface area contributed by atoms with Crippen LogP contribution < -0.4 is 0 Å². The molecule has 0 aliphatic carbocycles. The van der Waals surface area contributed by atoms with Gasteiger partial charge in [-0.25, -0.2) is 0 Å². The maximum Gasteiger partial charge on any atom is 0.277 e. The standard InChI is InChI=1S/C8H11FO/c1-6(2)5-7-3-4-8(9)10-7/h3-4,6H,5H2,1-2H3. The van der Waals surface area contributed by atoms with Crippen LogP contribution in [0.3, 0.4) is 0 Å². The number of hydrogen-bond acceptors (Lipinski definition) is 1. The van der Waals surface area contributed by atoms with Crippen molar-refractivity contribution in [2.75, 3.05) is 0 Å². The molecule has 2 heteroatoms. The Morgan fingerprint density at radius 2 is 2.20 bits per heavy atom. The third-order valence-electron chi connectivity index (χ3n) is 1.24. The van der Waals surface area contributed by atoms with E-state index in [1.165, 1.54) is 6.07 Å². The first-order valence-corrected chi connectivity index (χ1v) is 3.42. The Kier molecular flexibility index (Phi) is 2.10. The molecule has 1 nitrogen and oxygen atoms in total. The third kappa shape index (κ3) is 1.87. The smallest absolute Gasteiger partial charge is 0.277 e. The quantitative estimate of drug-likeness (QED) is 0.618. The lowest BCUT2D eigenvalue weighted by Gasteiger charge is -1.98. The van der Waals surface area contributed by atoms with E-state index in [0.29, 0.717) is 5.92 Å². The van der Waals surface area contributed by atoms with E-state index in [-0.39, 0.29) is 0 Å². The lowest BCUT2D eigenvalue weighted by Crippen LogP contribution is -1.90. The summed E-state index contributed by atoms with van der Waals surface area (Å²) in [4.78, 5) is 0. The summed E-state index contributed by atoms with van der Waals surface area (Å²) in [6.45, 7) is 4.14. The first-order chi connectivity index (χ1) is 4.68. The van der Waals surface area contributed by atoms with Crippen LogP contribution in [-0.2, 0) is 6.42 Å². The maximum atomic E-state index is 12.2. The number of halogens is 1. The van der Waals surface area contributed by atoms with E-state index in [2.05, 4.69) is 13.8 Å². The molecule has 1 rings (SSSR count). The molecule has 0 amide bonds. The Morgan fingerprint density at radius 1 is 1.50 bits per heavy atom. The molecule has 0 unspecified atom stereocenters. The van der Waals surface area contributed by atoms with Crippen LogP contribution >= 0.6 is 0 Å². The molecule has 1 aromatic heterocycles. The molecule has 10 heavy (non-hydrogen) atoms. The Bertz CT molecular complexity index is 203. The van der Waals surface area contributed by atoms with Crippen LogP contribution in [-0.4, -0.2) is 0 Å². The highest BCUT2D eigenvalue weighted by molar-refractivity contribution is 4.99. The van der Waals surface area contributed by atoms with Crippen molar-refractivity contribution >= 4 is 0 Å². The fraction of sp³-hybridized carbons (Fsp3) is 0.500.